The maximum absolute atomic E-state index is 10.4. The van der Waals surface area contributed by atoms with Crippen molar-refractivity contribution in [2.45, 2.75) is 0 Å². The smallest absolute Gasteiger partial charge is 0.354 e. The van der Waals surface area contributed by atoms with Crippen LogP contribution in [0.1, 0.15) is 16.2 Å². The fourth-order valence-electron chi connectivity index (χ4n) is 0.677. The summed E-state index contributed by atoms with van der Waals surface area (Å²) in [5.41, 5.74) is -0.240. The summed E-state index contributed by atoms with van der Waals surface area (Å²) in [5.74, 6) is 0.699. The first-order chi connectivity index (χ1) is 5.65. The number of carbonyl (C=O) groups is 1. The fraction of sp³-hybridized carbons (Fsp3) is 0. The minimum atomic E-state index is -1.17. The van der Waals surface area contributed by atoms with Crippen molar-refractivity contribution >= 4 is 5.97 Å². The van der Waals surface area contributed by atoms with Gasteiger partial charge in [0.05, 0.1) is 0 Å². The Hall–Kier alpha value is -2.02. The molecule has 0 atom stereocenters. The molecule has 1 heterocycles. The Morgan fingerprint density at radius 2 is 2.25 bits per heavy atom. The third kappa shape index (κ3) is 1.35. The van der Waals surface area contributed by atoms with Crippen molar-refractivity contribution < 1.29 is 15.0 Å². The van der Waals surface area contributed by atoms with Crippen LogP contribution in [0, 0.1) is 12.3 Å². The molecule has 0 amide bonds. The summed E-state index contributed by atoms with van der Waals surface area (Å²) < 4.78 is 0. The molecule has 0 aliphatic carbocycles. The summed E-state index contributed by atoms with van der Waals surface area (Å²) in [7, 11) is 0. The van der Waals surface area contributed by atoms with E-state index in [2.05, 4.69) is 10.9 Å². The van der Waals surface area contributed by atoms with Crippen LogP contribution in [0.25, 0.3) is 0 Å². The Kier molecular flexibility index (Phi) is 1.97. The van der Waals surface area contributed by atoms with E-state index in [4.69, 9.17) is 16.6 Å². The third-order valence-corrected chi connectivity index (χ3v) is 1.23. The van der Waals surface area contributed by atoms with E-state index in [1.54, 1.807) is 0 Å². The maximum atomic E-state index is 10.4. The Balaban J connectivity index is 3.25. The number of pyridine rings is 1. The molecule has 0 aromatic carbocycles. The van der Waals surface area contributed by atoms with E-state index in [1.165, 1.54) is 12.1 Å². The number of aromatic hydroxyl groups is 1. The van der Waals surface area contributed by atoms with Crippen LogP contribution in [0.15, 0.2) is 12.1 Å². The topological polar surface area (TPSA) is 70.4 Å². The Morgan fingerprint density at radius 1 is 1.58 bits per heavy atom. The number of nitrogens with zero attached hydrogens (tertiary/aromatic N) is 1. The molecular formula is C8H5NO3. The molecule has 0 saturated carbocycles. The van der Waals surface area contributed by atoms with Gasteiger partial charge in [-0.05, 0) is 18.1 Å². The van der Waals surface area contributed by atoms with Gasteiger partial charge in [0.25, 0.3) is 0 Å². The summed E-state index contributed by atoms with van der Waals surface area (Å²) in [5, 5.41) is 17.5. The molecule has 0 saturated heterocycles. The molecule has 1 aromatic rings. The van der Waals surface area contributed by atoms with E-state index < -0.39 is 5.97 Å². The average molecular weight is 163 g/mol. The molecule has 0 spiro atoms. The van der Waals surface area contributed by atoms with Crippen LogP contribution in [-0.4, -0.2) is 21.2 Å². The third-order valence-electron chi connectivity index (χ3n) is 1.23. The summed E-state index contributed by atoms with van der Waals surface area (Å²) in [6, 6.07) is 2.38. The highest BCUT2D eigenvalue weighted by Gasteiger charge is 2.07. The van der Waals surface area contributed by atoms with Crippen LogP contribution >= 0.6 is 0 Å². The Morgan fingerprint density at radius 3 is 2.75 bits per heavy atom. The van der Waals surface area contributed by atoms with Gasteiger partial charge in [-0.3, -0.25) is 0 Å². The SMILES string of the molecule is C#Cc1nc(C(=O)O)ccc1O. The normalized spacial score (nSPS) is 8.92. The van der Waals surface area contributed by atoms with Gasteiger partial charge in [0.1, 0.15) is 11.4 Å². The predicted molar refractivity (Wildman–Crippen MR) is 40.8 cm³/mol. The second-order valence-electron chi connectivity index (χ2n) is 2.01. The average Bonchev–Trinajstić information content (AvgIpc) is 2.05. The van der Waals surface area contributed by atoms with Crippen molar-refractivity contribution in [2.24, 2.45) is 0 Å². The molecule has 0 fully saturated rings. The molecule has 4 heteroatoms. The fourth-order valence-corrected chi connectivity index (χ4v) is 0.677. The number of terminal acetylenes is 1. The summed E-state index contributed by atoms with van der Waals surface area (Å²) in [6.45, 7) is 0. The molecule has 2 N–H and O–H groups in total. The number of hydrogen-bond acceptors (Lipinski definition) is 3. The van der Waals surface area contributed by atoms with Gasteiger partial charge >= 0.3 is 5.97 Å². The highest BCUT2D eigenvalue weighted by atomic mass is 16.4. The van der Waals surface area contributed by atoms with Crippen LogP contribution in [0.4, 0.5) is 0 Å². The lowest BCUT2D eigenvalue weighted by atomic mass is 10.3. The van der Waals surface area contributed by atoms with Gasteiger partial charge in [-0.25, -0.2) is 9.78 Å². The van der Waals surface area contributed by atoms with Crippen LogP contribution in [0.5, 0.6) is 5.75 Å². The first kappa shape index (κ1) is 8.08. The number of rotatable bonds is 1. The van der Waals surface area contributed by atoms with Crippen LogP contribution in [0.3, 0.4) is 0 Å². The lowest BCUT2D eigenvalue weighted by molar-refractivity contribution is 0.0690. The van der Waals surface area contributed by atoms with E-state index >= 15 is 0 Å². The first-order valence-corrected chi connectivity index (χ1v) is 3.05. The second-order valence-corrected chi connectivity index (χ2v) is 2.01. The van der Waals surface area contributed by atoms with Gasteiger partial charge in [-0.2, -0.15) is 0 Å². The van der Waals surface area contributed by atoms with E-state index in [-0.39, 0.29) is 17.1 Å². The molecule has 0 unspecified atom stereocenters. The molecule has 4 nitrogen and oxygen atoms in total. The molecule has 0 bridgehead atoms. The highest BCUT2D eigenvalue weighted by Crippen LogP contribution is 2.12. The van der Waals surface area contributed by atoms with Crippen molar-refractivity contribution in [3.05, 3.63) is 23.5 Å². The zero-order valence-corrected chi connectivity index (χ0v) is 5.98. The monoisotopic (exact) mass is 163 g/mol. The van der Waals surface area contributed by atoms with E-state index in [9.17, 15) is 4.79 Å². The second kappa shape index (κ2) is 2.93. The van der Waals surface area contributed by atoms with Crippen LogP contribution < -0.4 is 0 Å². The number of aromatic nitrogens is 1. The van der Waals surface area contributed by atoms with Crippen molar-refractivity contribution in [1.29, 1.82) is 0 Å². The molecule has 0 radical (unpaired) electrons. The van der Waals surface area contributed by atoms with Crippen molar-refractivity contribution in [1.82, 2.24) is 4.98 Å². The van der Waals surface area contributed by atoms with E-state index in [1.807, 2.05) is 0 Å². The summed E-state index contributed by atoms with van der Waals surface area (Å²) in [4.78, 5) is 13.9. The van der Waals surface area contributed by atoms with Gasteiger partial charge in [0.2, 0.25) is 0 Å². The molecule has 1 rings (SSSR count). The van der Waals surface area contributed by atoms with Crippen molar-refractivity contribution in [3.8, 4) is 18.1 Å². The number of aromatic carboxylic acids is 1. The van der Waals surface area contributed by atoms with Gasteiger partial charge in [-0.15, -0.1) is 6.42 Å². The zero-order valence-electron chi connectivity index (χ0n) is 5.98. The number of carboxylic acids is 1. The summed E-state index contributed by atoms with van der Waals surface area (Å²) >= 11 is 0. The molecule has 1 aromatic heterocycles. The van der Waals surface area contributed by atoms with Gasteiger partial charge in [0, 0.05) is 0 Å². The Bertz CT molecular complexity index is 365. The van der Waals surface area contributed by atoms with E-state index in [0.29, 0.717) is 0 Å². The van der Waals surface area contributed by atoms with Crippen LogP contribution in [-0.2, 0) is 0 Å². The zero-order chi connectivity index (χ0) is 9.14. The number of carboxylic acid groups (broad SMARTS) is 1. The molecule has 12 heavy (non-hydrogen) atoms. The minimum Gasteiger partial charge on any atom is -0.505 e. The van der Waals surface area contributed by atoms with Crippen molar-refractivity contribution in [2.75, 3.05) is 0 Å². The minimum absolute atomic E-state index is 0.0603. The molecular weight excluding hydrogens is 158 g/mol. The standard InChI is InChI=1S/C8H5NO3/c1-2-5-7(10)4-3-6(9-5)8(11)12/h1,3-4,10H,(H,11,12). The molecule has 0 aliphatic heterocycles. The van der Waals surface area contributed by atoms with Gasteiger partial charge < -0.3 is 10.2 Å². The quantitative estimate of drug-likeness (QED) is 0.590. The van der Waals surface area contributed by atoms with Gasteiger partial charge in [-0.1, -0.05) is 0 Å². The predicted octanol–water partition coefficient (Wildman–Crippen LogP) is 0.467. The lowest BCUT2D eigenvalue weighted by Gasteiger charge is -1.96. The Labute approximate surface area is 68.5 Å². The number of hydrogen-bond donors (Lipinski definition) is 2. The molecule has 0 aliphatic rings. The van der Waals surface area contributed by atoms with E-state index in [0.717, 1.165) is 0 Å². The maximum Gasteiger partial charge on any atom is 0.354 e. The summed E-state index contributed by atoms with van der Waals surface area (Å²) in [6.07, 6.45) is 4.95. The largest absolute Gasteiger partial charge is 0.505 e. The first-order valence-electron chi connectivity index (χ1n) is 3.05. The van der Waals surface area contributed by atoms with Crippen molar-refractivity contribution in [3.63, 3.8) is 0 Å². The van der Waals surface area contributed by atoms with Gasteiger partial charge in [0.15, 0.2) is 5.69 Å². The highest BCUT2D eigenvalue weighted by molar-refractivity contribution is 5.85. The lowest BCUT2D eigenvalue weighted by Crippen LogP contribution is -2.00. The molecule has 60 valence electrons. The van der Waals surface area contributed by atoms with Crippen LogP contribution in [0.2, 0.25) is 0 Å².